The fraction of sp³-hybridized carbons (Fsp3) is 0.261. The van der Waals surface area contributed by atoms with Crippen molar-refractivity contribution in [2.24, 2.45) is 16.6 Å². The highest BCUT2D eigenvalue weighted by Gasteiger charge is 2.38. The molecule has 2 unspecified atom stereocenters. The Hall–Kier alpha value is -4.41. The quantitative estimate of drug-likeness (QED) is 0.408. The summed E-state index contributed by atoms with van der Waals surface area (Å²) >= 11 is 0. The molecule has 1 aromatic heterocycles. The predicted octanol–water partition coefficient (Wildman–Crippen LogP) is 2.07. The second kappa shape index (κ2) is 10.0. The molecule has 0 spiro atoms. The van der Waals surface area contributed by atoms with Crippen LogP contribution < -0.4 is 11.1 Å². The number of aromatic amines is 1. The first-order chi connectivity index (χ1) is 16.5. The fourth-order valence-electron chi connectivity index (χ4n) is 4.02. The van der Waals surface area contributed by atoms with E-state index in [1.165, 1.54) is 4.90 Å². The number of benzene rings is 1. The Morgan fingerprint density at radius 1 is 1.29 bits per heavy atom. The highest BCUT2D eigenvalue weighted by molar-refractivity contribution is 6.11. The molecule has 176 valence electrons. The van der Waals surface area contributed by atoms with Crippen molar-refractivity contribution in [3.8, 4) is 0 Å². The largest absolute Gasteiger partial charge is 0.480 e. The second-order valence-electron chi connectivity index (χ2n) is 7.98. The van der Waals surface area contributed by atoms with E-state index < -0.39 is 18.1 Å². The summed E-state index contributed by atoms with van der Waals surface area (Å²) in [4.78, 5) is 30.6. The number of aliphatic imine (C=N–C) groups is 1. The van der Waals surface area contributed by atoms with Crippen LogP contribution in [-0.4, -0.2) is 56.8 Å². The molecule has 0 saturated carbocycles. The second-order valence-corrected chi connectivity index (χ2v) is 7.98. The first kappa shape index (κ1) is 22.8. The number of carbonyl (C=O) groups excluding carboxylic acids is 1. The van der Waals surface area contributed by atoms with Crippen molar-refractivity contribution in [3.63, 3.8) is 0 Å². The van der Waals surface area contributed by atoms with E-state index in [4.69, 9.17) is 15.9 Å². The van der Waals surface area contributed by atoms with Crippen LogP contribution >= 0.6 is 0 Å². The van der Waals surface area contributed by atoms with Gasteiger partial charge in [-0.05, 0) is 18.4 Å². The molecule has 2 aliphatic rings. The van der Waals surface area contributed by atoms with Gasteiger partial charge in [-0.1, -0.05) is 30.3 Å². The van der Waals surface area contributed by atoms with Crippen molar-refractivity contribution in [2.45, 2.75) is 25.5 Å². The maximum Gasteiger partial charge on any atom is 0.410 e. The topological polar surface area (TPSA) is 170 Å². The number of hydrogen-bond donors (Lipinski definition) is 5. The Morgan fingerprint density at radius 3 is 2.76 bits per heavy atom. The number of carboxylic acids is 1. The summed E-state index contributed by atoms with van der Waals surface area (Å²) in [7, 11) is 0. The van der Waals surface area contributed by atoms with Crippen molar-refractivity contribution in [2.75, 3.05) is 6.54 Å². The summed E-state index contributed by atoms with van der Waals surface area (Å²) in [6.45, 7) is 0.164. The average molecular weight is 463 g/mol. The van der Waals surface area contributed by atoms with Gasteiger partial charge in [0, 0.05) is 42.1 Å². The van der Waals surface area contributed by atoms with E-state index in [1.54, 1.807) is 18.5 Å². The number of nitrogens with zero attached hydrogens (tertiary/aromatic N) is 3. The van der Waals surface area contributed by atoms with E-state index in [9.17, 15) is 14.7 Å². The maximum atomic E-state index is 12.9. The van der Waals surface area contributed by atoms with E-state index in [1.807, 2.05) is 30.3 Å². The SMILES string of the molecule is N=C/C(=C1/N=C(C2CCC(C(=O)O)N(C(=O)OCc3ccccc3)C2)C=C(N)N1)c1cn[nH]c1. The summed E-state index contributed by atoms with van der Waals surface area (Å²) < 4.78 is 5.41. The van der Waals surface area contributed by atoms with Crippen molar-refractivity contribution >= 4 is 29.6 Å². The van der Waals surface area contributed by atoms with Gasteiger partial charge in [0.05, 0.1) is 11.9 Å². The van der Waals surface area contributed by atoms with Crippen LogP contribution in [0.4, 0.5) is 4.79 Å². The van der Waals surface area contributed by atoms with Gasteiger partial charge in [0.2, 0.25) is 0 Å². The molecule has 0 radical (unpaired) electrons. The van der Waals surface area contributed by atoms with E-state index in [0.717, 1.165) is 11.8 Å². The smallest absolute Gasteiger partial charge is 0.410 e. The summed E-state index contributed by atoms with van der Waals surface area (Å²) in [5.74, 6) is -0.623. The van der Waals surface area contributed by atoms with Gasteiger partial charge in [0.1, 0.15) is 24.3 Å². The van der Waals surface area contributed by atoms with Crippen LogP contribution in [0.5, 0.6) is 0 Å². The van der Waals surface area contributed by atoms with Crippen LogP contribution in [0.15, 0.2) is 65.4 Å². The summed E-state index contributed by atoms with van der Waals surface area (Å²) in [6.07, 6.45) is 6.09. The molecule has 4 rings (SSSR count). The van der Waals surface area contributed by atoms with Gasteiger partial charge in [-0.3, -0.25) is 10.00 Å². The lowest BCUT2D eigenvalue weighted by Gasteiger charge is -2.37. The van der Waals surface area contributed by atoms with Crippen molar-refractivity contribution in [1.82, 2.24) is 20.4 Å². The minimum absolute atomic E-state index is 0.0468. The molecule has 2 atom stereocenters. The molecule has 11 nitrogen and oxygen atoms in total. The standard InChI is InChI=1S/C23H25N7O4/c24-9-17(16-10-26-27-11-16)21-28-18(8-20(25)29-21)15-6-7-19(22(31)32)30(12-15)23(33)34-13-14-4-2-1-3-5-14/h1-5,8-11,15,19,24,29H,6-7,12-13,25H2,(H,26,27)(H,31,32)/b21-17+,24-9?. The molecular weight excluding hydrogens is 438 g/mol. The first-order valence-corrected chi connectivity index (χ1v) is 10.7. The van der Waals surface area contributed by atoms with Crippen molar-refractivity contribution in [3.05, 3.63) is 71.6 Å². The number of piperidine rings is 1. The lowest BCUT2D eigenvalue weighted by Crippen LogP contribution is -2.52. The Bertz CT molecular complexity index is 1160. The number of aromatic nitrogens is 2. The third-order valence-electron chi connectivity index (χ3n) is 5.74. The van der Waals surface area contributed by atoms with E-state index in [0.29, 0.717) is 34.9 Å². The molecule has 1 saturated heterocycles. The van der Waals surface area contributed by atoms with Gasteiger partial charge in [-0.2, -0.15) is 5.10 Å². The highest BCUT2D eigenvalue weighted by atomic mass is 16.6. The molecular formula is C23H25N7O4. The summed E-state index contributed by atoms with van der Waals surface area (Å²) in [5, 5.41) is 27.0. The maximum absolute atomic E-state index is 12.9. The number of nitrogens with two attached hydrogens (primary N) is 1. The number of rotatable bonds is 6. The normalized spacial score (nSPS) is 21.6. The number of amides is 1. The number of aliphatic carboxylic acids is 1. The van der Waals surface area contributed by atoms with Crippen LogP contribution in [0.2, 0.25) is 0 Å². The molecule has 2 aromatic rings. The van der Waals surface area contributed by atoms with Crippen LogP contribution in [0.1, 0.15) is 24.0 Å². The monoisotopic (exact) mass is 463 g/mol. The summed E-state index contributed by atoms with van der Waals surface area (Å²) in [6, 6.07) is 8.20. The third kappa shape index (κ3) is 4.98. The number of allylic oxidation sites excluding steroid dienone is 2. The summed E-state index contributed by atoms with van der Waals surface area (Å²) in [5.41, 5.74) is 8.64. The Balaban J connectivity index is 1.56. The van der Waals surface area contributed by atoms with Gasteiger partial charge in [0.15, 0.2) is 0 Å². The predicted molar refractivity (Wildman–Crippen MR) is 125 cm³/mol. The van der Waals surface area contributed by atoms with Crippen LogP contribution in [0.3, 0.4) is 0 Å². The molecule has 0 aliphatic carbocycles. The zero-order valence-corrected chi connectivity index (χ0v) is 18.3. The van der Waals surface area contributed by atoms with Crippen LogP contribution in [0.25, 0.3) is 5.57 Å². The van der Waals surface area contributed by atoms with Gasteiger partial charge in [-0.15, -0.1) is 0 Å². The number of nitrogens with one attached hydrogen (secondary N) is 3. The third-order valence-corrected chi connectivity index (χ3v) is 5.74. The molecule has 1 aromatic carbocycles. The molecule has 0 bridgehead atoms. The minimum atomic E-state index is -1.08. The lowest BCUT2D eigenvalue weighted by atomic mass is 9.88. The molecule has 1 amide bonds. The first-order valence-electron chi connectivity index (χ1n) is 10.7. The minimum Gasteiger partial charge on any atom is -0.480 e. The molecule has 34 heavy (non-hydrogen) atoms. The van der Waals surface area contributed by atoms with E-state index in [2.05, 4.69) is 20.5 Å². The molecule has 2 aliphatic heterocycles. The van der Waals surface area contributed by atoms with Crippen LogP contribution in [0, 0.1) is 11.3 Å². The molecule has 11 heteroatoms. The fourth-order valence-corrected chi connectivity index (χ4v) is 4.02. The number of carboxylic acid groups (broad SMARTS) is 1. The van der Waals surface area contributed by atoms with E-state index >= 15 is 0 Å². The molecule has 3 heterocycles. The van der Waals surface area contributed by atoms with Crippen molar-refractivity contribution in [1.29, 1.82) is 5.41 Å². The Kier molecular flexibility index (Phi) is 6.72. The molecule has 6 N–H and O–H groups in total. The Labute approximate surface area is 195 Å². The van der Waals surface area contributed by atoms with E-state index in [-0.39, 0.29) is 25.5 Å². The lowest BCUT2D eigenvalue weighted by molar-refractivity contribution is -0.144. The number of hydrogen-bond acceptors (Lipinski definition) is 8. The van der Waals surface area contributed by atoms with Gasteiger partial charge < -0.3 is 26.3 Å². The highest BCUT2D eigenvalue weighted by Crippen LogP contribution is 2.28. The van der Waals surface area contributed by atoms with Gasteiger partial charge in [0.25, 0.3) is 0 Å². The number of H-pyrrole nitrogens is 1. The number of ether oxygens (including phenoxy) is 1. The van der Waals surface area contributed by atoms with Crippen LogP contribution in [-0.2, 0) is 16.1 Å². The zero-order valence-electron chi connectivity index (χ0n) is 18.3. The van der Waals surface area contributed by atoms with Gasteiger partial charge in [-0.25, -0.2) is 14.6 Å². The average Bonchev–Trinajstić information content (AvgIpc) is 3.37. The zero-order chi connectivity index (χ0) is 24.1. The van der Waals surface area contributed by atoms with Crippen molar-refractivity contribution < 1.29 is 19.4 Å². The molecule has 1 fully saturated rings. The Morgan fingerprint density at radius 2 is 2.09 bits per heavy atom. The van der Waals surface area contributed by atoms with Gasteiger partial charge >= 0.3 is 12.1 Å². The number of carbonyl (C=O) groups is 2. The number of likely N-dealkylation sites (tertiary alicyclic amines) is 1.